The highest BCUT2D eigenvalue weighted by Gasteiger charge is 2.14. The molecule has 2 rings (SSSR count). The summed E-state index contributed by atoms with van der Waals surface area (Å²) in [6.45, 7) is 0. The normalized spacial score (nSPS) is 10.3. The van der Waals surface area contributed by atoms with E-state index in [1.165, 1.54) is 29.1 Å². The van der Waals surface area contributed by atoms with E-state index in [0.717, 1.165) is 0 Å². The predicted octanol–water partition coefficient (Wildman–Crippen LogP) is 1.05. The highest BCUT2D eigenvalue weighted by atomic mass is 16.6. The van der Waals surface area contributed by atoms with Crippen molar-refractivity contribution in [3.8, 4) is 0 Å². The molecule has 70 valence electrons. The molecule has 14 heavy (non-hydrogen) atoms. The Morgan fingerprint density at radius 3 is 2.93 bits per heavy atom. The van der Waals surface area contributed by atoms with Gasteiger partial charge in [0.05, 0.1) is 0 Å². The van der Waals surface area contributed by atoms with Gasteiger partial charge in [-0.15, -0.1) is 0 Å². The third-order valence-corrected chi connectivity index (χ3v) is 1.84. The molecule has 0 N–H and O–H groups in total. The Morgan fingerprint density at radius 2 is 2.29 bits per heavy atom. The number of aromatic nitrogens is 2. The molecule has 0 amide bonds. The average molecular weight is 191 g/mol. The Labute approximate surface area is 77.9 Å². The number of pyridine rings is 1. The van der Waals surface area contributed by atoms with E-state index < -0.39 is 4.92 Å². The third-order valence-electron chi connectivity index (χ3n) is 1.84. The van der Waals surface area contributed by atoms with Crippen molar-refractivity contribution in [2.75, 3.05) is 0 Å². The zero-order valence-corrected chi connectivity index (χ0v) is 6.95. The molecule has 0 fully saturated rings. The maximum atomic E-state index is 10.5. The van der Waals surface area contributed by atoms with Gasteiger partial charge in [-0.2, -0.15) is 0 Å². The van der Waals surface area contributed by atoms with Crippen LogP contribution in [0, 0.1) is 10.1 Å². The van der Waals surface area contributed by atoms with Crippen LogP contribution < -0.4 is 0 Å². The Kier molecular flexibility index (Phi) is 1.74. The van der Waals surface area contributed by atoms with Crippen LogP contribution in [0.5, 0.6) is 0 Å². The summed E-state index contributed by atoms with van der Waals surface area (Å²) in [5, 5.41) is 10.5. The molecule has 2 aromatic rings. The average Bonchev–Trinajstić information content (AvgIpc) is 2.59. The molecule has 0 aliphatic rings. The summed E-state index contributed by atoms with van der Waals surface area (Å²) in [6, 6.07) is 3.01. The molecule has 0 saturated carbocycles. The van der Waals surface area contributed by atoms with Gasteiger partial charge < -0.3 is 10.1 Å². The Morgan fingerprint density at radius 1 is 1.50 bits per heavy atom. The van der Waals surface area contributed by atoms with Crippen molar-refractivity contribution in [2.45, 2.75) is 0 Å². The number of hydrogen-bond donors (Lipinski definition) is 0. The molecule has 0 unspecified atom stereocenters. The quantitative estimate of drug-likeness (QED) is 0.404. The van der Waals surface area contributed by atoms with Crippen LogP contribution in [0.1, 0.15) is 10.4 Å². The smallest absolute Gasteiger partial charge is 0.358 e. The summed E-state index contributed by atoms with van der Waals surface area (Å²) in [5.41, 5.74) is 0.824. The molecular formula is C8H5N3O3. The maximum Gasteiger partial charge on any atom is 0.389 e. The van der Waals surface area contributed by atoms with E-state index in [1.807, 2.05) is 0 Å². The lowest BCUT2D eigenvalue weighted by Gasteiger charge is -1.93. The van der Waals surface area contributed by atoms with Gasteiger partial charge in [0.1, 0.15) is 5.52 Å². The van der Waals surface area contributed by atoms with Gasteiger partial charge >= 0.3 is 5.82 Å². The fourth-order valence-corrected chi connectivity index (χ4v) is 1.21. The second-order valence-corrected chi connectivity index (χ2v) is 2.70. The number of rotatable bonds is 2. The number of carbonyl (C=O) groups excluding carboxylic acids is 1. The SMILES string of the molecule is O=Cc1ccc2c([N+](=O)[O-])ncn2c1. The van der Waals surface area contributed by atoms with Crippen molar-refractivity contribution in [1.82, 2.24) is 9.38 Å². The van der Waals surface area contributed by atoms with E-state index in [1.54, 1.807) is 0 Å². The predicted molar refractivity (Wildman–Crippen MR) is 47.2 cm³/mol. The van der Waals surface area contributed by atoms with Gasteiger partial charge in [-0.1, -0.05) is 0 Å². The van der Waals surface area contributed by atoms with Gasteiger partial charge in [0.25, 0.3) is 0 Å². The second kappa shape index (κ2) is 2.91. The maximum absolute atomic E-state index is 10.5. The van der Waals surface area contributed by atoms with Gasteiger partial charge in [0, 0.05) is 11.8 Å². The summed E-state index contributed by atoms with van der Waals surface area (Å²) in [5.74, 6) is -0.206. The molecule has 6 heteroatoms. The van der Waals surface area contributed by atoms with Gasteiger partial charge in [0.2, 0.25) is 6.33 Å². The topological polar surface area (TPSA) is 77.5 Å². The molecular weight excluding hydrogens is 186 g/mol. The Hall–Kier alpha value is -2.24. The molecule has 0 aromatic carbocycles. The number of nitro groups is 1. The fraction of sp³-hybridized carbons (Fsp3) is 0. The van der Waals surface area contributed by atoms with Crippen LogP contribution in [0.2, 0.25) is 0 Å². The first-order valence-corrected chi connectivity index (χ1v) is 3.78. The summed E-state index contributed by atoms with van der Waals surface area (Å²) < 4.78 is 1.45. The number of aldehydes is 1. The Balaban J connectivity index is 2.71. The van der Waals surface area contributed by atoms with Crippen molar-refractivity contribution in [3.05, 3.63) is 40.3 Å². The van der Waals surface area contributed by atoms with E-state index in [4.69, 9.17) is 0 Å². The lowest BCUT2D eigenvalue weighted by molar-refractivity contribution is -0.387. The van der Waals surface area contributed by atoms with Gasteiger partial charge in [-0.25, -0.2) is 0 Å². The van der Waals surface area contributed by atoms with Crippen LogP contribution in [-0.2, 0) is 0 Å². The van der Waals surface area contributed by atoms with Crippen LogP contribution in [-0.4, -0.2) is 20.6 Å². The van der Waals surface area contributed by atoms with Crippen molar-refractivity contribution >= 4 is 17.6 Å². The molecule has 0 aliphatic heterocycles. The first-order valence-electron chi connectivity index (χ1n) is 3.78. The lowest BCUT2D eigenvalue weighted by atomic mass is 10.3. The van der Waals surface area contributed by atoms with E-state index in [9.17, 15) is 14.9 Å². The molecule has 2 heterocycles. The summed E-state index contributed by atoms with van der Waals surface area (Å²) in [4.78, 5) is 24.0. The first-order chi connectivity index (χ1) is 6.72. The summed E-state index contributed by atoms with van der Waals surface area (Å²) in [6.07, 6.45) is 3.47. The van der Waals surface area contributed by atoms with Crippen LogP contribution in [0.15, 0.2) is 24.7 Å². The van der Waals surface area contributed by atoms with Crippen LogP contribution in [0.25, 0.3) is 5.52 Å². The number of fused-ring (bicyclic) bond motifs is 1. The summed E-state index contributed by atoms with van der Waals surface area (Å²) in [7, 11) is 0. The monoisotopic (exact) mass is 191 g/mol. The van der Waals surface area contributed by atoms with E-state index in [0.29, 0.717) is 17.4 Å². The second-order valence-electron chi connectivity index (χ2n) is 2.70. The van der Waals surface area contributed by atoms with Gasteiger partial charge in [-0.3, -0.25) is 9.20 Å². The van der Waals surface area contributed by atoms with E-state index in [2.05, 4.69) is 4.98 Å². The molecule has 0 saturated heterocycles. The lowest BCUT2D eigenvalue weighted by Crippen LogP contribution is -1.90. The minimum Gasteiger partial charge on any atom is -0.358 e. The molecule has 6 nitrogen and oxygen atoms in total. The van der Waals surface area contributed by atoms with Crippen molar-refractivity contribution < 1.29 is 9.72 Å². The first kappa shape index (κ1) is 8.36. The summed E-state index contributed by atoms with van der Waals surface area (Å²) >= 11 is 0. The van der Waals surface area contributed by atoms with E-state index in [-0.39, 0.29) is 5.82 Å². The molecule has 0 atom stereocenters. The zero-order chi connectivity index (χ0) is 10.1. The number of hydrogen-bond acceptors (Lipinski definition) is 4. The minimum absolute atomic E-state index is 0.206. The van der Waals surface area contributed by atoms with Gasteiger partial charge in [0.15, 0.2) is 6.29 Å². The molecule has 0 radical (unpaired) electrons. The zero-order valence-electron chi connectivity index (χ0n) is 6.95. The number of imidazole rings is 1. The van der Waals surface area contributed by atoms with Crippen molar-refractivity contribution in [3.63, 3.8) is 0 Å². The van der Waals surface area contributed by atoms with Crippen LogP contribution >= 0.6 is 0 Å². The third kappa shape index (κ3) is 1.13. The number of nitrogens with zero attached hydrogens (tertiary/aromatic N) is 3. The van der Waals surface area contributed by atoms with Crippen LogP contribution in [0.4, 0.5) is 5.82 Å². The fourth-order valence-electron chi connectivity index (χ4n) is 1.21. The Bertz CT molecular complexity index is 518. The van der Waals surface area contributed by atoms with Crippen molar-refractivity contribution in [1.29, 1.82) is 0 Å². The molecule has 0 spiro atoms. The van der Waals surface area contributed by atoms with Gasteiger partial charge in [-0.05, 0) is 22.0 Å². The highest BCUT2D eigenvalue weighted by molar-refractivity contribution is 5.76. The highest BCUT2D eigenvalue weighted by Crippen LogP contribution is 2.17. The molecule has 0 aliphatic carbocycles. The van der Waals surface area contributed by atoms with Crippen molar-refractivity contribution in [2.24, 2.45) is 0 Å². The van der Waals surface area contributed by atoms with E-state index >= 15 is 0 Å². The number of carbonyl (C=O) groups is 1. The van der Waals surface area contributed by atoms with Crippen LogP contribution in [0.3, 0.4) is 0 Å². The minimum atomic E-state index is -0.560. The largest absolute Gasteiger partial charge is 0.389 e. The molecule has 2 aromatic heterocycles. The standard InChI is InChI=1S/C8H5N3O3/c12-4-6-1-2-7-8(11(13)14)9-5-10(7)3-6/h1-5H. The molecule has 0 bridgehead atoms.